The van der Waals surface area contributed by atoms with E-state index >= 15 is 0 Å². The first-order valence-corrected chi connectivity index (χ1v) is 11.1. The first-order valence-electron chi connectivity index (χ1n) is 10.2. The lowest BCUT2D eigenvalue weighted by atomic mass is 10.1. The summed E-state index contributed by atoms with van der Waals surface area (Å²) in [6.07, 6.45) is 0.632. The topological polar surface area (TPSA) is 67.9 Å². The molecule has 2 aliphatic rings. The molecule has 0 bridgehead atoms. The van der Waals surface area contributed by atoms with Gasteiger partial charge in [0.25, 0.3) is 5.24 Å². The van der Waals surface area contributed by atoms with Crippen molar-refractivity contribution in [2.75, 3.05) is 26.3 Å². The van der Waals surface area contributed by atoms with Gasteiger partial charge in [0, 0.05) is 19.1 Å². The van der Waals surface area contributed by atoms with Crippen molar-refractivity contribution in [2.24, 2.45) is 0 Å². The molecule has 2 heterocycles. The first-order chi connectivity index (χ1) is 14.6. The lowest BCUT2D eigenvalue weighted by Gasteiger charge is -2.36. The van der Waals surface area contributed by atoms with Crippen LogP contribution in [0.2, 0.25) is 0 Å². The second kappa shape index (κ2) is 9.64. The highest BCUT2D eigenvalue weighted by Crippen LogP contribution is 2.25. The number of benzene rings is 2. The average molecular weight is 427 g/mol. The SMILES string of the molecule is CC(COc1ccc(CC2SC(=O)NC2=O)cc1)N1CCOC(c2ccccc2)C1. The number of rotatable bonds is 7. The van der Waals surface area contributed by atoms with Crippen molar-refractivity contribution < 1.29 is 19.1 Å². The van der Waals surface area contributed by atoms with E-state index in [-0.39, 0.29) is 28.5 Å². The third-order valence-corrected chi connectivity index (χ3v) is 6.48. The minimum absolute atomic E-state index is 0.0965. The molecule has 1 N–H and O–H groups in total. The number of nitrogens with one attached hydrogen (secondary N) is 1. The van der Waals surface area contributed by atoms with Crippen LogP contribution in [0, 0.1) is 0 Å². The van der Waals surface area contributed by atoms with Crippen LogP contribution in [-0.2, 0) is 16.0 Å². The molecule has 0 aromatic heterocycles. The van der Waals surface area contributed by atoms with E-state index in [4.69, 9.17) is 9.47 Å². The number of amides is 2. The summed E-state index contributed by atoms with van der Waals surface area (Å²) in [5.74, 6) is 0.594. The number of imide groups is 1. The van der Waals surface area contributed by atoms with Gasteiger partial charge in [-0.3, -0.25) is 19.8 Å². The van der Waals surface area contributed by atoms with Crippen molar-refractivity contribution in [3.8, 4) is 5.75 Å². The Morgan fingerprint density at radius 1 is 1.17 bits per heavy atom. The van der Waals surface area contributed by atoms with Gasteiger partial charge in [0.15, 0.2) is 0 Å². The maximum absolute atomic E-state index is 11.7. The van der Waals surface area contributed by atoms with Crippen molar-refractivity contribution in [1.82, 2.24) is 10.2 Å². The van der Waals surface area contributed by atoms with E-state index in [2.05, 4.69) is 29.3 Å². The summed E-state index contributed by atoms with van der Waals surface area (Å²) >= 11 is 1.05. The van der Waals surface area contributed by atoms with Gasteiger partial charge in [-0.15, -0.1) is 0 Å². The molecule has 7 heteroatoms. The van der Waals surface area contributed by atoms with Gasteiger partial charge in [-0.25, -0.2) is 0 Å². The molecule has 0 saturated carbocycles. The molecule has 158 valence electrons. The van der Waals surface area contributed by atoms with Crippen LogP contribution in [0.1, 0.15) is 24.2 Å². The summed E-state index contributed by atoms with van der Waals surface area (Å²) < 4.78 is 12.0. The lowest BCUT2D eigenvalue weighted by molar-refractivity contribution is -0.118. The third kappa shape index (κ3) is 5.22. The van der Waals surface area contributed by atoms with Crippen LogP contribution in [0.4, 0.5) is 4.79 Å². The summed E-state index contributed by atoms with van der Waals surface area (Å²) in [5.41, 5.74) is 2.22. The van der Waals surface area contributed by atoms with Gasteiger partial charge in [-0.2, -0.15) is 0 Å². The van der Waals surface area contributed by atoms with Crippen LogP contribution in [-0.4, -0.2) is 53.6 Å². The highest BCUT2D eigenvalue weighted by Gasteiger charge is 2.31. The summed E-state index contributed by atoms with van der Waals surface area (Å²) in [6, 6.07) is 18.4. The van der Waals surface area contributed by atoms with Crippen LogP contribution in [0.3, 0.4) is 0 Å². The Kier molecular flexibility index (Phi) is 6.72. The van der Waals surface area contributed by atoms with Crippen LogP contribution in [0.15, 0.2) is 54.6 Å². The van der Waals surface area contributed by atoms with E-state index in [1.54, 1.807) is 0 Å². The fraction of sp³-hybridized carbons (Fsp3) is 0.391. The highest BCUT2D eigenvalue weighted by molar-refractivity contribution is 8.15. The van der Waals surface area contributed by atoms with E-state index in [1.807, 2.05) is 42.5 Å². The lowest BCUT2D eigenvalue weighted by Crippen LogP contribution is -2.45. The van der Waals surface area contributed by atoms with E-state index in [9.17, 15) is 9.59 Å². The Morgan fingerprint density at radius 3 is 2.63 bits per heavy atom. The zero-order valence-electron chi connectivity index (χ0n) is 17.0. The van der Waals surface area contributed by atoms with Crippen molar-refractivity contribution in [1.29, 1.82) is 0 Å². The number of hydrogen-bond acceptors (Lipinski definition) is 6. The second-order valence-electron chi connectivity index (χ2n) is 7.66. The Morgan fingerprint density at radius 2 is 1.93 bits per heavy atom. The second-order valence-corrected chi connectivity index (χ2v) is 8.83. The summed E-state index contributed by atoms with van der Waals surface area (Å²) in [4.78, 5) is 25.4. The van der Waals surface area contributed by atoms with E-state index in [0.717, 1.165) is 36.2 Å². The maximum atomic E-state index is 11.7. The largest absolute Gasteiger partial charge is 0.492 e. The van der Waals surface area contributed by atoms with E-state index < -0.39 is 0 Å². The number of thioether (sulfide) groups is 1. The number of carbonyl (C=O) groups excluding carboxylic acids is 2. The van der Waals surface area contributed by atoms with E-state index in [0.29, 0.717) is 19.6 Å². The molecule has 0 aliphatic carbocycles. The fourth-order valence-corrected chi connectivity index (χ4v) is 4.58. The predicted octanol–water partition coefficient (Wildman–Crippen LogP) is 3.42. The molecule has 2 amide bonds. The fourth-order valence-electron chi connectivity index (χ4n) is 3.72. The number of ether oxygens (including phenoxy) is 2. The van der Waals surface area contributed by atoms with Gasteiger partial charge in [0.1, 0.15) is 12.4 Å². The van der Waals surface area contributed by atoms with Crippen LogP contribution >= 0.6 is 11.8 Å². The van der Waals surface area contributed by atoms with Gasteiger partial charge in [-0.05, 0) is 36.6 Å². The van der Waals surface area contributed by atoms with Crippen molar-refractivity contribution >= 4 is 22.9 Å². The van der Waals surface area contributed by atoms with Gasteiger partial charge >= 0.3 is 0 Å². The smallest absolute Gasteiger partial charge is 0.286 e. The molecular weight excluding hydrogens is 400 g/mol. The molecule has 3 atom stereocenters. The normalized spacial score (nSPS) is 23.2. The monoisotopic (exact) mass is 426 g/mol. The predicted molar refractivity (Wildman–Crippen MR) is 117 cm³/mol. The molecule has 0 spiro atoms. The summed E-state index contributed by atoms with van der Waals surface area (Å²) in [5, 5.41) is 1.71. The number of nitrogens with zero attached hydrogens (tertiary/aromatic N) is 1. The third-order valence-electron chi connectivity index (χ3n) is 5.50. The molecule has 0 radical (unpaired) electrons. The maximum Gasteiger partial charge on any atom is 0.286 e. The molecule has 2 aromatic rings. The summed E-state index contributed by atoms with van der Waals surface area (Å²) in [6.45, 7) is 5.23. The molecule has 2 saturated heterocycles. The molecule has 4 rings (SSSR count). The Bertz CT molecular complexity index is 875. The summed E-state index contributed by atoms with van der Waals surface area (Å²) in [7, 11) is 0. The molecule has 6 nitrogen and oxygen atoms in total. The minimum Gasteiger partial charge on any atom is -0.492 e. The first kappa shape index (κ1) is 20.9. The van der Waals surface area contributed by atoms with Crippen molar-refractivity contribution in [3.05, 3.63) is 65.7 Å². The van der Waals surface area contributed by atoms with Gasteiger partial charge < -0.3 is 9.47 Å². The van der Waals surface area contributed by atoms with Crippen molar-refractivity contribution in [3.63, 3.8) is 0 Å². The average Bonchev–Trinajstić information content (AvgIpc) is 3.10. The van der Waals surface area contributed by atoms with Gasteiger partial charge in [-0.1, -0.05) is 54.2 Å². The zero-order valence-corrected chi connectivity index (χ0v) is 17.8. The minimum atomic E-state index is -0.344. The number of morpholine rings is 1. The molecule has 2 aliphatic heterocycles. The zero-order chi connectivity index (χ0) is 20.9. The highest BCUT2D eigenvalue weighted by atomic mass is 32.2. The van der Waals surface area contributed by atoms with Crippen LogP contribution in [0.25, 0.3) is 0 Å². The van der Waals surface area contributed by atoms with Crippen LogP contribution < -0.4 is 10.1 Å². The van der Waals surface area contributed by atoms with Crippen LogP contribution in [0.5, 0.6) is 5.75 Å². The van der Waals surface area contributed by atoms with E-state index in [1.165, 1.54) is 5.56 Å². The van der Waals surface area contributed by atoms with Gasteiger partial charge in [0.2, 0.25) is 5.91 Å². The Balaban J connectivity index is 1.27. The number of hydrogen-bond donors (Lipinski definition) is 1. The molecule has 2 aromatic carbocycles. The Hall–Kier alpha value is -2.35. The molecule has 30 heavy (non-hydrogen) atoms. The Labute approximate surface area is 180 Å². The standard InChI is InChI=1S/C23H26N2O4S/c1-16(25-11-12-28-20(14-25)18-5-3-2-4-6-18)15-29-19-9-7-17(8-10-19)13-21-22(26)24-23(27)30-21/h2-10,16,20-21H,11-15H2,1H3,(H,24,26,27). The molecule has 2 fully saturated rings. The number of carbonyl (C=O) groups is 2. The molecular formula is C23H26N2O4S. The molecule has 3 unspecified atom stereocenters. The van der Waals surface area contributed by atoms with Crippen molar-refractivity contribution in [2.45, 2.75) is 30.7 Å². The van der Waals surface area contributed by atoms with Gasteiger partial charge in [0.05, 0.1) is 18.0 Å². The quantitative estimate of drug-likeness (QED) is 0.732.